The van der Waals surface area contributed by atoms with E-state index in [1.54, 1.807) is 0 Å². The number of piperidine rings is 1. The van der Waals surface area contributed by atoms with Gasteiger partial charge in [-0.2, -0.15) is 0 Å². The number of likely N-dealkylation sites (tertiary alicyclic amines) is 1. The molecule has 1 aliphatic heterocycles. The number of rotatable bonds is 4. The molecule has 1 saturated heterocycles. The van der Waals surface area contributed by atoms with Crippen molar-refractivity contribution in [2.45, 2.75) is 25.4 Å². The maximum Gasteiger partial charge on any atom is 0.109 e. The highest BCUT2D eigenvalue weighted by atomic mass is 127. The van der Waals surface area contributed by atoms with Crippen molar-refractivity contribution in [2.75, 3.05) is 26.2 Å². The number of halogens is 2. The zero-order valence-corrected chi connectivity index (χ0v) is 9.30. The molecular formula is C8H15FINO. The minimum Gasteiger partial charge on any atom is -0.316 e. The van der Waals surface area contributed by atoms with Gasteiger partial charge in [-0.1, -0.05) is 0 Å². The predicted octanol–water partition coefficient (Wildman–Crippen LogP) is 2.18. The van der Waals surface area contributed by atoms with Crippen LogP contribution in [0.25, 0.3) is 0 Å². The summed E-state index contributed by atoms with van der Waals surface area (Å²) in [5.74, 6) is 0. The Labute approximate surface area is 87.1 Å². The second-order valence-corrected chi connectivity index (χ2v) is 3.81. The highest BCUT2D eigenvalue weighted by molar-refractivity contribution is 14.1. The molecule has 0 aliphatic carbocycles. The van der Waals surface area contributed by atoms with Gasteiger partial charge in [-0.3, -0.25) is 0 Å². The molecule has 72 valence electrons. The molecule has 0 saturated carbocycles. The van der Waals surface area contributed by atoms with Crippen LogP contribution in [0.1, 0.15) is 19.3 Å². The van der Waals surface area contributed by atoms with Crippen molar-refractivity contribution in [3.05, 3.63) is 0 Å². The van der Waals surface area contributed by atoms with Gasteiger partial charge in [-0.15, -0.1) is 0 Å². The summed E-state index contributed by atoms with van der Waals surface area (Å²) in [6, 6.07) is 0. The van der Waals surface area contributed by atoms with Crippen LogP contribution in [0.5, 0.6) is 0 Å². The van der Waals surface area contributed by atoms with Gasteiger partial charge in [0.15, 0.2) is 0 Å². The molecule has 0 aromatic rings. The van der Waals surface area contributed by atoms with Crippen molar-refractivity contribution < 1.29 is 7.46 Å². The molecule has 0 N–H and O–H groups in total. The van der Waals surface area contributed by atoms with E-state index in [4.69, 9.17) is 3.07 Å². The van der Waals surface area contributed by atoms with Crippen molar-refractivity contribution in [3.8, 4) is 0 Å². The van der Waals surface area contributed by atoms with E-state index >= 15 is 0 Å². The third kappa shape index (κ3) is 4.00. The lowest BCUT2D eigenvalue weighted by Gasteiger charge is -2.28. The van der Waals surface area contributed by atoms with Crippen LogP contribution in [0.15, 0.2) is 0 Å². The van der Waals surface area contributed by atoms with Crippen molar-refractivity contribution >= 4 is 23.0 Å². The summed E-state index contributed by atoms with van der Waals surface area (Å²) in [5.41, 5.74) is 0. The van der Waals surface area contributed by atoms with Crippen LogP contribution in [0.4, 0.5) is 4.39 Å². The molecule has 0 spiro atoms. The third-order valence-corrected chi connectivity index (χ3v) is 2.65. The summed E-state index contributed by atoms with van der Waals surface area (Å²) >= 11 is 1.91. The van der Waals surface area contributed by atoms with Gasteiger partial charge in [-0.05, 0) is 19.3 Å². The van der Waals surface area contributed by atoms with Crippen molar-refractivity contribution in [1.29, 1.82) is 0 Å². The lowest BCUT2D eigenvalue weighted by molar-refractivity contribution is 0.146. The first-order valence-corrected chi connectivity index (χ1v) is 5.31. The molecule has 2 nitrogen and oxygen atoms in total. The first kappa shape index (κ1) is 10.7. The Morgan fingerprint density at radius 3 is 2.67 bits per heavy atom. The van der Waals surface area contributed by atoms with E-state index in [1.807, 2.05) is 23.0 Å². The van der Waals surface area contributed by atoms with Gasteiger partial charge in [0.1, 0.15) is 29.2 Å². The molecular weight excluding hydrogens is 272 g/mol. The molecule has 0 radical (unpaired) electrons. The smallest absolute Gasteiger partial charge is 0.109 e. The zero-order valence-electron chi connectivity index (χ0n) is 7.14. The molecule has 12 heavy (non-hydrogen) atoms. The van der Waals surface area contributed by atoms with Gasteiger partial charge in [0, 0.05) is 19.6 Å². The van der Waals surface area contributed by atoms with Crippen LogP contribution in [0.3, 0.4) is 0 Å². The van der Waals surface area contributed by atoms with Crippen molar-refractivity contribution in [1.82, 2.24) is 4.90 Å². The molecule has 1 heterocycles. The molecule has 0 aromatic heterocycles. The van der Waals surface area contributed by atoms with Crippen molar-refractivity contribution in [3.63, 3.8) is 0 Å². The molecule has 0 unspecified atom stereocenters. The van der Waals surface area contributed by atoms with E-state index in [0.29, 0.717) is 12.8 Å². The first-order valence-electron chi connectivity index (χ1n) is 4.43. The van der Waals surface area contributed by atoms with Gasteiger partial charge >= 0.3 is 0 Å². The Morgan fingerprint density at radius 2 is 2.08 bits per heavy atom. The normalized spacial score (nSPS) is 21.5. The average Bonchev–Trinajstić information content (AvgIpc) is 2.09. The largest absolute Gasteiger partial charge is 0.316 e. The maximum absolute atomic E-state index is 12.7. The van der Waals surface area contributed by atoms with Gasteiger partial charge in [0.05, 0.1) is 6.61 Å². The summed E-state index contributed by atoms with van der Waals surface area (Å²) in [6.07, 6.45) is 1.93. The van der Waals surface area contributed by atoms with E-state index in [-0.39, 0.29) is 0 Å². The van der Waals surface area contributed by atoms with E-state index in [1.165, 1.54) is 0 Å². The summed E-state index contributed by atoms with van der Waals surface area (Å²) in [6.45, 7) is 3.69. The SMILES string of the molecule is FC1CCN(CCCOI)CC1. The van der Waals surface area contributed by atoms with Gasteiger partial charge < -0.3 is 7.97 Å². The van der Waals surface area contributed by atoms with E-state index in [0.717, 1.165) is 32.7 Å². The molecule has 1 rings (SSSR count). The Hall–Kier alpha value is 0.580. The molecule has 0 bridgehead atoms. The lowest BCUT2D eigenvalue weighted by Crippen LogP contribution is -2.35. The zero-order chi connectivity index (χ0) is 8.81. The van der Waals surface area contributed by atoms with Crippen LogP contribution in [0.2, 0.25) is 0 Å². The van der Waals surface area contributed by atoms with Gasteiger partial charge in [0.2, 0.25) is 0 Å². The molecule has 0 atom stereocenters. The van der Waals surface area contributed by atoms with Crippen LogP contribution < -0.4 is 0 Å². The lowest BCUT2D eigenvalue weighted by atomic mass is 10.1. The Kier molecular flexibility index (Phi) is 5.42. The minimum atomic E-state index is -0.554. The fourth-order valence-electron chi connectivity index (χ4n) is 1.47. The Balaban J connectivity index is 2.01. The summed E-state index contributed by atoms with van der Waals surface area (Å²) in [4.78, 5) is 2.31. The van der Waals surface area contributed by atoms with Gasteiger partial charge in [-0.25, -0.2) is 4.39 Å². The predicted molar refractivity (Wildman–Crippen MR) is 55.2 cm³/mol. The second-order valence-electron chi connectivity index (χ2n) is 3.18. The van der Waals surface area contributed by atoms with Crippen LogP contribution in [-0.2, 0) is 3.07 Å². The van der Waals surface area contributed by atoms with E-state index in [9.17, 15) is 4.39 Å². The highest BCUT2D eigenvalue weighted by Crippen LogP contribution is 2.13. The maximum atomic E-state index is 12.7. The quantitative estimate of drug-likeness (QED) is 0.580. The Bertz CT molecular complexity index is 118. The fraction of sp³-hybridized carbons (Fsp3) is 1.00. The third-order valence-electron chi connectivity index (χ3n) is 2.21. The number of hydrogen-bond acceptors (Lipinski definition) is 2. The standard InChI is InChI=1S/C8H15FINO/c9-8-2-5-11(6-3-8)4-1-7-12-10/h8H,1-7H2. The molecule has 0 amide bonds. The summed E-state index contributed by atoms with van der Waals surface area (Å²) < 4.78 is 17.6. The minimum absolute atomic E-state index is 0.554. The Morgan fingerprint density at radius 1 is 1.42 bits per heavy atom. The number of hydrogen-bond donors (Lipinski definition) is 0. The van der Waals surface area contributed by atoms with Crippen LogP contribution in [-0.4, -0.2) is 37.3 Å². The van der Waals surface area contributed by atoms with E-state index in [2.05, 4.69) is 4.90 Å². The summed E-state index contributed by atoms with van der Waals surface area (Å²) in [5, 5.41) is 0. The first-order chi connectivity index (χ1) is 5.83. The summed E-state index contributed by atoms with van der Waals surface area (Å²) in [7, 11) is 0. The molecule has 1 fully saturated rings. The van der Waals surface area contributed by atoms with Crippen molar-refractivity contribution in [2.24, 2.45) is 0 Å². The fourth-order valence-corrected chi connectivity index (χ4v) is 1.78. The topological polar surface area (TPSA) is 12.5 Å². The van der Waals surface area contributed by atoms with Crippen LogP contribution >= 0.6 is 23.0 Å². The second kappa shape index (κ2) is 6.10. The number of alkyl halides is 1. The monoisotopic (exact) mass is 287 g/mol. The van der Waals surface area contributed by atoms with Crippen LogP contribution in [0, 0.1) is 0 Å². The highest BCUT2D eigenvalue weighted by Gasteiger charge is 2.17. The molecule has 4 heteroatoms. The van der Waals surface area contributed by atoms with Gasteiger partial charge in [0.25, 0.3) is 0 Å². The average molecular weight is 287 g/mol. The number of nitrogens with zero attached hydrogens (tertiary/aromatic N) is 1. The van der Waals surface area contributed by atoms with E-state index < -0.39 is 6.17 Å². The molecule has 1 aliphatic rings. The molecule has 0 aromatic carbocycles.